The Morgan fingerprint density at radius 2 is 2.00 bits per heavy atom. The molecule has 1 N–H and O–H groups in total. The number of benzene rings is 1. The molecule has 104 valence electrons. The van der Waals surface area contributed by atoms with Crippen molar-refractivity contribution in [3.05, 3.63) is 58.9 Å². The Labute approximate surface area is 113 Å². The minimum Gasteiger partial charge on any atom is -0.445 e. The van der Waals surface area contributed by atoms with Crippen molar-refractivity contribution in [1.29, 1.82) is 0 Å². The van der Waals surface area contributed by atoms with Crippen LogP contribution in [0.5, 0.6) is 0 Å². The zero-order chi connectivity index (χ0) is 14.4. The number of hydrogen-bond donors (Lipinski definition) is 1. The number of ether oxygens (including phenoxy) is 1. The smallest absolute Gasteiger partial charge is 0.425 e. The fourth-order valence-electron chi connectivity index (χ4n) is 1.46. The molecule has 1 heterocycles. The minimum atomic E-state index is -0.797. The second kappa shape index (κ2) is 6.37. The summed E-state index contributed by atoms with van der Waals surface area (Å²) in [4.78, 5) is 34.0. The second-order valence-corrected chi connectivity index (χ2v) is 3.85. The molecule has 0 unspecified atom stereocenters. The molecular weight excluding hydrogens is 264 g/mol. The van der Waals surface area contributed by atoms with Crippen molar-refractivity contribution in [3.63, 3.8) is 0 Å². The number of rotatable bonds is 4. The Morgan fingerprint density at radius 1 is 1.25 bits per heavy atom. The zero-order valence-electron chi connectivity index (χ0n) is 10.4. The summed E-state index contributed by atoms with van der Waals surface area (Å²) in [5.74, 6) is -1.41. The van der Waals surface area contributed by atoms with Gasteiger partial charge in [-0.25, -0.2) is 14.2 Å². The van der Waals surface area contributed by atoms with Crippen molar-refractivity contribution in [1.82, 2.24) is 9.88 Å². The monoisotopic (exact) mass is 276 g/mol. The van der Waals surface area contributed by atoms with Crippen LogP contribution in [0.25, 0.3) is 0 Å². The van der Waals surface area contributed by atoms with E-state index in [1.165, 1.54) is 6.20 Å². The SMILES string of the molecule is O=C(NCC(=O)n1ccoc1=O)OCc1ccccc1. The van der Waals surface area contributed by atoms with E-state index in [1.54, 1.807) is 0 Å². The first-order chi connectivity index (χ1) is 9.66. The van der Waals surface area contributed by atoms with Crippen LogP contribution in [0.4, 0.5) is 4.79 Å². The summed E-state index contributed by atoms with van der Waals surface area (Å²) in [6.07, 6.45) is 1.54. The third-order valence-corrected chi connectivity index (χ3v) is 2.44. The Hall–Kier alpha value is -2.83. The van der Waals surface area contributed by atoms with Gasteiger partial charge >= 0.3 is 11.8 Å². The van der Waals surface area contributed by atoms with E-state index >= 15 is 0 Å². The molecular formula is C13H12N2O5. The van der Waals surface area contributed by atoms with Crippen LogP contribution in [0.3, 0.4) is 0 Å². The average molecular weight is 276 g/mol. The van der Waals surface area contributed by atoms with Gasteiger partial charge in [-0.2, -0.15) is 0 Å². The minimum absolute atomic E-state index is 0.104. The molecule has 7 nitrogen and oxygen atoms in total. The molecule has 0 aliphatic carbocycles. The van der Waals surface area contributed by atoms with Crippen LogP contribution in [0.15, 0.2) is 52.0 Å². The highest BCUT2D eigenvalue weighted by molar-refractivity contribution is 5.83. The lowest BCUT2D eigenvalue weighted by Gasteiger charge is -2.06. The molecule has 0 fully saturated rings. The summed E-state index contributed by atoms with van der Waals surface area (Å²) in [6, 6.07) is 9.12. The number of oxazole rings is 1. The standard InChI is InChI=1S/C13H12N2O5/c16-11(15-6-7-19-13(15)18)8-14-12(17)20-9-10-4-2-1-3-5-10/h1-7H,8-9H2,(H,14,17). The van der Waals surface area contributed by atoms with Gasteiger partial charge in [0.2, 0.25) is 0 Å². The number of aromatic nitrogens is 1. The number of alkyl carbamates (subject to hydrolysis) is 1. The first kappa shape index (κ1) is 13.6. The molecule has 20 heavy (non-hydrogen) atoms. The van der Waals surface area contributed by atoms with E-state index < -0.39 is 17.8 Å². The van der Waals surface area contributed by atoms with Gasteiger partial charge in [-0.05, 0) is 5.56 Å². The van der Waals surface area contributed by atoms with Gasteiger partial charge in [0.1, 0.15) is 19.4 Å². The predicted octanol–water partition coefficient (Wildman–Crippen LogP) is 1.01. The molecule has 1 aromatic carbocycles. The second-order valence-electron chi connectivity index (χ2n) is 3.85. The Balaban J connectivity index is 1.77. The lowest BCUT2D eigenvalue weighted by Crippen LogP contribution is -2.35. The maximum Gasteiger partial charge on any atom is 0.425 e. The van der Waals surface area contributed by atoms with E-state index in [-0.39, 0.29) is 13.2 Å². The van der Waals surface area contributed by atoms with E-state index in [0.29, 0.717) is 0 Å². The normalized spacial score (nSPS) is 10.0. The first-order valence-electron chi connectivity index (χ1n) is 5.81. The lowest BCUT2D eigenvalue weighted by molar-refractivity contribution is 0.0889. The van der Waals surface area contributed by atoms with Crippen molar-refractivity contribution in [2.75, 3.05) is 6.54 Å². The maximum absolute atomic E-state index is 11.5. The van der Waals surface area contributed by atoms with Crippen LogP contribution in [0, 0.1) is 0 Å². The molecule has 0 aliphatic heterocycles. The van der Waals surface area contributed by atoms with Crippen LogP contribution in [-0.2, 0) is 11.3 Å². The largest absolute Gasteiger partial charge is 0.445 e. The molecule has 7 heteroatoms. The molecule has 2 rings (SSSR count). The molecule has 0 atom stereocenters. The number of hydrogen-bond acceptors (Lipinski definition) is 5. The zero-order valence-corrected chi connectivity index (χ0v) is 10.4. The van der Waals surface area contributed by atoms with Crippen LogP contribution < -0.4 is 11.1 Å². The number of nitrogens with zero attached hydrogens (tertiary/aromatic N) is 1. The van der Waals surface area contributed by atoms with Gasteiger partial charge in [0, 0.05) is 0 Å². The van der Waals surface area contributed by atoms with E-state index in [2.05, 4.69) is 9.73 Å². The predicted molar refractivity (Wildman–Crippen MR) is 68.2 cm³/mol. The highest BCUT2D eigenvalue weighted by Crippen LogP contribution is 2.00. The van der Waals surface area contributed by atoms with Crippen LogP contribution >= 0.6 is 0 Å². The van der Waals surface area contributed by atoms with Gasteiger partial charge in [0.25, 0.3) is 5.91 Å². The molecule has 1 amide bonds. The maximum atomic E-state index is 11.5. The first-order valence-corrected chi connectivity index (χ1v) is 5.81. The number of carbonyl (C=O) groups excluding carboxylic acids is 2. The fourth-order valence-corrected chi connectivity index (χ4v) is 1.46. The molecule has 0 saturated carbocycles. The summed E-state index contributed by atoms with van der Waals surface area (Å²) in [5.41, 5.74) is 0.833. The Kier molecular flexibility index (Phi) is 4.33. The molecule has 0 saturated heterocycles. The van der Waals surface area contributed by atoms with E-state index in [0.717, 1.165) is 16.4 Å². The summed E-state index contributed by atoms with van der Waals surface area (Å²) < 4.78 is 10.1. The van der Waals surface area contributed by atoms with Crippen molar-refractivity contribution in [2.45, 2.75) is 6.61 Å². The number of nitrogens with one attached hydrogen (secondary N) is 1. The number of carbonyl (C=O) groups is 2. The van der Waals surface area contributed by atoms with Crippen LogP contribution in [0.2, 0.25) is 0 Å². The average Bonchev–Trinajstić information content (AvgIpc) is 2.90. The van der Waals surface area contributed by atoms with Crippen molar-refractivity contribution >= 4 is 12.0 Å². The van der Waals surface area contributed by atoms with Crippen molar-refractivity contribution in [3.8, 4) is 0 Å². The van der Waals surface area contributed by atoms with Gasteiger partial charge in [0.15, 0.2) is 0 Å². The molecule has 2 aromatic rings. The third-order valence-electron chi connectivity index (χ3n) is 2.44. The van der Waals surface area contributed by atoms with E-state index in [1.807, 2.05) is 30.3 Å². The van der Waals surface area contributed by atoms with Gasteiger partial charge < -0.3 is 14.5 Å². The molecule has 0 bridgehead atoms. The highest BCUT2D eigenvalue weighted by Gasteiger charge is 2.11. The van der Waals surface area contributed by atoms with Crippen LogP contribution in [-0.4, -0.2) is 23.1 Å². The molecule has 0 spiro atoms. The molecule has 0 aliphatic rings. The summed E-state index contributed by atoms with van der Waals surface area (Å²) in [5, 5.41) is 2.26. The van der Waals surface area contributed by atoms with Gasteiger partial charge in [-0.1, -0.05) is 30.3 Å². The van der Waals surface area contributed by atoms with Crippen molar-refractivity contribution in [2.24, 2.45) is 0 Å². The topological polar surface area (TPSA) is 90.5 Å². The van der Waals surface area contributed by atoms with E-state index in [4.69, 9.17) is 4.74 Å². The van der Waals surface area contributed by atoms with Crippen LogP contribution in [0.1, 0.15) is 10.4 Å². The third kappa shape index (κ3) is 3.58. The molecule has 0 radical (unpaired) electrons. The van der Waals surface area contributed by atoms with E-state index in [9.17, 15) is 14.4 Å². The quantitative estimate of drug-likeness (QED) is 0.899. The van der Waals surface area contributed by atoms with Gasteiger partial charge in [0.05, 0.1) is 6.20 Å². The fraction of sp³-hybridized carbons (Fsp3) is 0.154. The Morgan fingerprint density at radius 3 is 2.65 bits per heavy atom. The summed E-state index contributed by atoms with van der Waals surface area (Å²) in [7, 11) is 0. The van der Waals surface area contributed by atoms with Gasteiger partial charge in [-0.15, -0.1) is 0 Å². The lowest BCUT2D eigenvalue weighted by atomic mass is 10.2. The Bertz CT molecular complexity index is 644. The summed E-state index contributed by atoms with van der Waals surface area (Å²) >= 11 is 0. The number of amides is 1. The van der Waals surface area contributed by atoms with Gasteiger partial charge in [-0.3, -0.25) is 4.79 Å². The van der Waals surface area contributed by atoms with Crippen molar-refractivity contribution < 1.29 is 18.7 Å². The molecule has 1 aromatic heterocycles. The summed E-state index contributed by atoms with van der Waals surface area (Å²) in [6.45, 7) is -0.250. The highest BCUT2D eigenvalue weighted by atomic mass is 16.5.